The SMILES string of the molecule is CO[C@@H]1C[C@@H](C[C@@H](C)[C@@H]2CC(=O)[C@H](C)/C=C(\C)[C@@H](O)[C@@H](OC)C(=O)[C@H](C)C[C@H](C)/C=C/C=C/C=C(/C)[C@H](N3CCOCC3)C[C@@H]3CC[C@@H](C)[C@@](O)(O3)C(=O)C(=O)N3CCCCC3C(=O)O2)CC[C@H]1O. The second kappa shape index (κ2) is 26.3. The van der Waals surface area contributed by atoms with Crippen LogP contribution in [0.1, 0.15) is 126 Å². The summed E-state index contributed by atoms with van der Waals surface area (Å²) in [7, 11) is 2.96. The molecule has 0 aromatic heterocycles. The van der Waals surface area contributed by atoms with Crippen molar-refractivity contribution in [1.29, 1.82) is 0 Å². The molecule has 0 aromatic carbocycles. The first-order chi connectivity index (χ1) is 32.8. The number of carbonyl (C=O) groups excluding carboxylic acids is 5. The fraction of sp³-hybridized carbons (Fsp3) is 0.759. The zero-order valence-corrected chi connectivity index (χ0v) is 42.9. The summed E-state index contributed by atoms with van der Waals surface area (Å²) < 4.78 is 29.5. The van der Waals surface area contributed by atoms with Crippen LogP contribution in [0.5, 0.6) is 0 Å². The molecule has 1 saturated carbocycles. The van der Waals surface area contributed by atoms with Crippen LogP contribution in [0.3, 0.4) is 0 Å². The van der Waals surface area contributed by atoms with E-state index in [1.165, 1.54) is 12.0 Å². The third kappa shape index (κ3) is 14.8. The Hall–Kier alpha value is -3.41. The topological polar surface area (TPSA) is 199 Å². The molecule has 15 heteroatoms. The highest BCUT2D eigenvalue weighted by Gasteiger charge is 2.53. The number of nitrogens with zero attached hydrogens (tertiary/aromatic N) is 2. The molecule has 1 amide bonds. The smallest absolute Gasteiger partial charge is 0.329 e. The number of hydrogen-bond acceptors (Lipinski definition) is 14. The van der Waals surface area contributed by atoms with Gasteiger partial charge in [-0.1, -0.05) is 76.6 Å². The summed E-state index contributed by atoms with van der Waals surface area (Å²) in [5.41, 5.74) is 1.44. The molecule has 1 aliphatic carbocycles. The lowest BCUT2D eigenvalue weighted by atomic mass is 9.78. The van der Waals surface area contributed by atoms with E-state index in [1.54, 1.807) is 34.0 Å². The van der Waals surface area contributed by atoms with E-state index < -0.39 is 77.8 Å². The maximum atomic E-state index is 14.5. The highest BCUT2D eigenvalue weighted by Crippen LogP contribution is 2.38. The van der Waals surface area contributed by atoms with Gasteiger partial charge in [-0.2, -0.15) is 0 Å². The Morgan fingerprint density at radius 2 is 1.55 bits per heavy atom. The highest BCUT2D eigenvalue weighted by molar-refractivity contribution is 6.39. The van der Waals surface area contributed by atoms with Crippen molar-refractivity contribution in [2.24, 2.45) is 35.5 Å². The monoisotopic (exact) mass is 969 g/mol. The Bertz CT molecular complexity index is 1870. The van der Waals surface area contributed by atoms with Crippen LogP contribution in [0, 0.1) is 35.5 Å². The van der Waals surface area contributed by atoms with Crippen molar-refractivity contribution in [2.45, 2.75) is 180 Å². The van der Waals surface area contributed by atoms with Gasteiger partial charge in [0.2, 0.25) is 5.79 Å². The maximum absolute atomic E-state index is 14.5. The number of carbonyl (C=O) groups is 5. The van der Waals surface area contributed by atoms with Gasteiger partial charge in [0.05, 0.1) is 31.5 Å². The van der Waals surface area contributed by atoms with Crippen molar-refractivity contribution >= 4 is 29.2 Å². The number of aliphatic hydroxyl groups is 3. The molecule has 3 N–H and O–H groups in total. The average molecular weight is 969 g/mol. The molecule has 0 spiro atoms. The third-order valence-corrected chi connectivity index (χ3v) is 15.7. The molecule has 388 valence electrons. The van der Waals surface area contributed by atoms with E-state index in [9.17, 15) is 39.3 Å². The number of Topliss-reactive ketones (excluding diaryl/α,β-unsaturated/α-hetero) is 3. The van der Waals surface area contributed by atoms with Crippen molar-refractivity contribution < 1.29 is 63.0 Å². The standard InChI is InChI=1S/C54H84N2O13/c1-33-15-11-10-12-16-34(2)43(55-23-25-67-26-24-55)31-41-20-18-39(7)54(64,69-41)51(61)52(62)56-22-14-13-17-42(56)53(63)68-46(36(4)29-40-19-21-44(57)47(30-40)65-8)32-45(58)35(3)28-38(6)49(60)50(66-9)48(59)37(5)27-33/h10-12,15-16,28,33,35-37,39-44,46-47,49-50,57,60,64H,13-14,17-27,29-32H2,1-9H3/b12-10+,15-11+,34-16-,38-28+/t33-,35-,36-,37-,39-,40-,41+,42?,43-,44-,46+,47-,49-,50+,54-/m1/s1. The molecular weight excluding hydrogens is 885 g/mol. The lowest BCUT2D eigenvalue weighted by molar-refractivity contribution is -0.265. The lowest BCUT2D eigenvalue weighted by Crippen LogP contribution is -2.61. The summed E-state index contributed by atoms with van der Waals surface area (Å²) in [5.74, 6) is -7.86. The minimum atomic E-state index is -2.42. The van der Waals surface area contributed by atoms with E-state index in [0.717, 1.165) is 12.0 Å². The van der Waals surface area contributed by atoms with Gasteiger partial charge in [0.1, 0.15) is 30.1 Å². The molecule has 69 heavy (non-hydrogen) atoms. The quantitative estimate of drug-likeness (QED) is 0.162. The van der Waals surface area contributed by atoms with Crippen LogP contribution < -0.4 is 0 Å². The number of hydrogen-bond donors (Lipinski definition) is 3. The molecule has 1 unspecified atom stereocenters. The molecule has 4 heterocycles. The number of morpholine rings is 1. The number of methoxy groups -OCH3 is 2. The fourth-order valence-corrected chi connectivity index (χ4v) is 11.2. The van der Waals surface area contributed by atoms with Gasteiger partial charge >= 0.3 is 5.97 Å². The summed E-state index contributed by atoms with van der Waals surface area (Å²) in [4.78, 5) is 74.8. The van der Waals surface area contributed by atoms with E-state index >= 15 is 0 Å². The van der Waals surface area contributed by atoms with Crippen LogP contribution >= 0.6 is 0 Å². The molecule has 2 bridgehead atoms. The van der Waals surface area contributed by atoms with E-state index in [0.29, 0.717) is 89.7 Å². The van der Waals surface area contributed by atoms with E-state index in [1.807, 2.05) is 58.1 Å². The number of rotatable bonds is 6. The van der Waals surface area contributed by atoms with E-state index in [-0.39, 0.29) is 60.9 Å². The van der Waals surface area contributed by atoms with Gasteiger partial charge in [-0.15, -0.1) is 0 Å². The summed E-state index contributed by atoms with van der Waals surface area (Å²) in [6, 6.07) is -1.25. The summed E-state index contributed by atoms with van der Waals surface area (Å²) in [6.07, 6.45) is 12.3. The van der Waals surface area contributed by atoms with Crippen LogP contribution in [-0.4, -0.2) is 156 Å². The first kappa shape index (κ1) is 56.5. The van der Waals surface area contributed by atoms with Gasteiger partial charge in [-0.25, -0.2) is 4.79 Å². The molecule has 15 atom stereocenters. The van der Waals surface area contributed by atoms with Gasteiger partial charge in [-0.3, -0.25) is 24.1 Å². The Labute approximate surface area is 411 Å². The minimum Gasteiger partial charge on any atom is -0.460 e. The maximum Gasteiger partial charge on any atom is 0.329 e. The van der Waals surface area contributed by atoms with Crippen LogP contribution in [0.2, 0.25) is 0 Å². The van der Waals surface area contributed by atoms with Gasteiger partial charge in [-0.05, 0) is 108 Å². The number of allylic oxidation sites excluding steroid dienone is 6. The molecule has 0 radical (unpaired) electrons. The van der Waals surface area contributed by atoms with Gasteiger partial charge in [0, 0.05) is 64.1 Å². The number of fused-ring (bicyclic) bond motifs is 3. The largest absolute Gasteiger partial charge is 0.460 e. The summed E-state index contributed by atoms with van der Waals surface area (Å²) in [6.45, 7) is 15.5. The summed E-state index contributed by atoms with van der Waals surface area (Å²) >= 11 is 0. The predicted octanol–water partition coefficient (Wildman–Crippen LogP) is 5.87. The third-order valence-electron chi connectivity index (χ3n) is 15.7. The second-order valence-electron chi connectivity index (χ2n) is 21.0. The van der Waals surface area contributed by atoms with Gasteiger partial charge in [0.25, 0.3) is 11.7 Å². The van der Waals surface area contributed by atoms with Crippen molar-refractivity contribution in [2.75, 3.05) is 47.1 Å². The van der Waals surface area contributed by atoms with E-state index in [4.69, 9.17) is 23.7 Å². The lowest BCUT2D eigenvalue weighted by Gasteiger charge is -2.44. The Kier molecular flexibility index (Phi) is 21.6. The number of ketones is 3. The number of aliphatic hydroxyl groups excluding tert-OH is 2. The molecule has 3 saturated heterocycles. The van der Waals surface area contributed by atoms with Crippen molar-refractivity contribution in [3.05, 3.63) is 47.6 Å². The molecule has 0 aromatic rings. The Balaban J connectivity index is 1.49. The van der Waals surface area contributed by atoms with Crippen molar-refractivity contribution in [1.82, 2.24) is 9.80 Å². The van der Waals surface area contributed by atoms with Crippen LogP contribution in [0.25, 0.3) is 0 Å². The number of amides is 1. The van der Waals surface area contributed by atoms with Crippen LogP contribution in [0.4, 0.5) is 0 Å². The molecular formula is C54H84N2O13. The first-order valence-corrected chi connectivity index (χ1v) is 25.7. The number of esters is 1. The second-order valence-corrected chi connectivity index (χ2v) is 21.0. The molecule has 5 aliphatic rings. The van der Waals surface area contributed by atoms with Crippen molar-refractivity contribution in [3.8, 4) is 0 Å². The predicted molar refractivity (Wildman–Crippen MR) is 261 cm³/mol. The van der Waals surface area contributed by atoms with Crippen molar-refractivity contribution in [3.63, 3.8) is 0 Å². The minimum absolute atomic E-state index is 0.0234. The fourth-order valence-electron chi connectivity index (χ4n) is 11.2. The Morgan fingerprint density at radius 1 is 0.826 bits per heavy atom. The van der Waals surface area contributed by atoms with Crippen LogP contribution in [0.15, 0.2) is 47.6 Å². The summed E-state index contributed by atoms with van der Waals surface area (Å²) in [5, 5.41) is 34.2. The molecule has 15 nitrogen and oxygen atoms in total. The van der Waals surface area contributed by atoms with E-state index in [2.05, 4.69) is 4.90 Å². The molecule has 4 fully saturated rings. The molecule has 5 rings (SSSR count). The highest BCUT2D eigenvalue weighted by atomic mass is 16.6. The first-order valence-electron chi connectivity index (χ1n) is 25.7. The normalized spacial score (nSPS) is 40.4. The van der Waals surface area contributed by atoms with Gasteiger partial charge in [0.15, 0.2) is 5.78 Å². The number of piperidine rings is 1. The van der Waals surface area contributed by atoms with Crippen LogP contribution in [-0.2, 0) is 47.7 Å². The Morgan fingerprint density at radius 3 is 2.25 bits per heavy atom. The molecule has 4 aliphatic heterocycles. The number of ether oxygens (including phenoxy) is 5. The average Bonchev–Trinajstić information content (AvgIpc) is 3.33. The zero-order valence-electron chi connectivity index (χ0n) is 42.9. The van der Waals surface area contributed by atoms with Gasteiger partial charge < -0.3 is 43.9 Å². The zero-order chi connectivity index (χ0) is 50.6. The number of cyclic esters (lactones) is 1.